The number of nitrogens with one attached hydrogen (secondary N) is 1. The Bertz CT molecular complexity index is 773. The number of thioether (sulfide) groups is 1. The summed E-state index contributed by atoms with van der Waals surface area (Å²) in [7, 11) is 0. The Hall–Kier alpha value is -2.47. The van der Waals surface area contributed by atoms with Crippen molar-refractivity contribution in [1.29, 1.82) is 0 Å². The molecule has 3 rings (SSSR count). The molecule has 0 aliphatic carbocycles. The third-order valence-electron chi connectivity index (χ3n) is 3.66. The molecular formula is C19H19NO4S. The smallest absolute Gasteiger partial charge is 0.234 e. The second-order valence-corrected chi connectivity index (χ2v) is 6.68. The van der Waals surface area contributed by atoms with Crippen molar-refractivity contribution in [1.82, 2.24) is 0 Å². The summed E-state index contributed by atoms with van der Waals surface area (Å²) < 4.78 is 11.3. The Morgan fingerprint density at radius 2 is 1.76 bits per heavy atom. The van der Waals surface area contributed by atoms with Crippen LogP contribution in [0.4, 0.5) is 5.69 Å². The molecule has 1 N–H and O–H groups in total. The number of anilines is 1. The van der Waals surface area contributed by atoms with Gasteiger partial charge in [0.15, 0.2) is 17.3 Å². The predicted octanol–water partition coefficient (Wildman–Crippen LogP) is 3.78. The molecule has 0 atom stereocenters. The van der Waals surface area contributed by atoms with E-state index in [2.05, 4.69) is 5.32 Å². The molecule has 1 aliphatic heterocycles. The standard InChI is InChI=1S/C19H19NO4S/c1-13(21)14-3-5-15(6-4-14)20-19(22)12-25-16-7-8-17-18(11-16)24-10-2-9-23-17/h3-8,11H,2,9-10,12H2,1H3,(H,20,22). The van der Waals surface area contributed by atoms with Crippen LogP contribution < -0.4 is 14.8 Å². The van der Waals surface area contributed by atoms with Crippen molar-refractivity contribution in [3.05, 3.63) is 48.0 Å². The topological polar surface area (TPSA) is 64.6 Å². The highest BCUT2D eigenvalue weighted by Gasteiger charge is 2.12. The fourth-order valence-corrected chi connectivity index (χ4v) is 3.09. The van der Waals surface area contributed by atoms with Gasteiger partial charge in [0.1, 0.15) is 0 Å². The minimum Gasteiger partial charge on any atom is -0.490 e. The molecule has 2 aromatic rings. The highest BCUT2D eigenvalue weighted by Crippen LogP contribution is 2.33. The minimum absolute atomic E-state index is 0.00263. The molecule has 0 saturated carbocycles. The molecule has 0 aromatic heterocycles. The molecule has 0 unspecified atom stereocenters. The van der Waals surface area contributed by atoms with Crippen molar-refractivity contribution in [2.24, 2.45) is 0 Å². The SMILES string of the molecule is CC(=O)c1ccc(NC(=O)CSc2ccc3c(c2)OCCCO3)cc1. The molecule has 1 heterocycles. The highest BCUT2D eigenvalue weighted by atomic mass is 32.2. The van der Waals surface area contributed by atoms with E-state index in [0.29, 0.717) is 24.5 Å². The lowest BCUT2D eigenvalue weighted by Gasteiger charge is -2.09. The van der Waals surface area contributed by atoms with Gasteiger partial charge in [-0.3, -0.25) is 9.59 Å². The molecule has 25 heavy (non-hydrogen) atoms. The minimum atomic E-state index is -0.104. The second-order valence-electron chi connectivity index (χ2n) is 5.63. The summed E-state index contributed by atoms with van der Waals surface area (Å²) >= 11 is 1.43. The summed E-state index contributed by atoms with van der Waals surface area (Å²) in [5.41, 5.74) is 1.30. The molecule has 0 spiro atoms. The maximum atomic E-state index is 12.1. The van der Waals surface area contributed by atoms with Crippen LogP contribution in [0.25, 0.3) is 0 Å². The molecule has 1 aliphatic rings. The van der Waals surface area contributed by atoms with E-state index in [1.807, 2.05) is 18.2 Å². The van der Waals surface area contributed by atoms with Crippen LogP contribution in [-0.2, 0) is 4.79 Å². The molecule has 5 nitrogen and oxygen atoms in total. The zero-order chi connectivity index (χ0) is 17.6. The van der Waals surface area contributed by atoms with E-state index in [-0.39, 0.29) is 17.4 Å². The Balaban J connectivity index is 1.55. The van der Waals surface area contributed by atoms with Gasteiger partial charge < -0.3 is 14.8 Å². The number of ketones is 1. The average Bonchev–Trinajstić information content (AvgIpc) is 2.85. The molecule has 6 heteroatoms. The zero-order valence-corrected chi connectivity index (χ0v) is 14.7. The lowest BCUT2D eigenvalue weighted by atomic mass is 10.1. The van der Waals surface area contributed by atoms with Gasteiger partial charge in [-0.15, -0.1) is 11.8 Å². The Kier molecular flexibility index (Phi) is 5.60. The number of hydrogen-bond acceptors (Lipinski definition) is 5. The van der Waals surface area contributed by atoms with Gasteiger partial charge in [-0.05, 0) is 49.4 Å². The summed E-state index contributed by atoms with van der Waals surface area (Å²) in [6, 6.07) is 12.6. The number of carbonyl (C=O) groups is 2. The van der Waals surface area contributed by atoms with Crippen LogP contribution in [0, 0.1) is 0 Å². The largest absolute Gasteiger partial charge is 0.490 e. The van der Waals surface area contributed by atoms with Crippen molar-refractivity contribution < 1.29 is 19.1 Å². The summed E-state index contributed by atoms with van der Waals surface area (Å²) in [6.07, 6.45) is 0.863. The molecule has 130 valence electrons. The van der Waals surface area contributed by atoms with Gasteiger partial charge in [0.25, 0.3) is 0 Å². The van der Waals surface area contributed by atoms with E-state index >= 15 is 0 Å². The van der Waals surface area contributed by atoms with E-state index in [1.165, 1.54) is 18.7 Å². The first-order valence-corrected chi connectivity index (χ1v) is 9.04. The second kappa shape index (κ2) is 8.07. The number of ether oxygens (including phenoxy) is 2. The summed E-state index contributed by atoms with van der Waals surface area (Å²) in [6.45, 7) is 2.81. The Morgan fingerprint density at radius 1 is 1.04 bits per heavy atom. The van der Waals surface area contributed by atoms with Gasteiger partial charge in [0, 0.05) is 22.6 Å². The van der Waals surface area contributed by atoms with Crippen molar-refractivity contribution in [3.63, 3.8) is 0 Å². The summed E-state index contributed by atoms with van der Waals surface area (Å²) in [5.74, 6) is 1.66. The van der Waals surface area contributed by atoms with E-state index in [0.717, 1.165) is 22.8 Å². The van der Waals surface area contributed by atoms with Gasteiger partial charge in [0.2, 0.25) is 5.91 Å². The number of rotatable bonds is 5. The number of Topliss-reactive ketones (excluding diaryl/α,β-unsaturated/α-hetero) is 1. The molecule has 0 fully saturated rings. The van der Waals surface area contributed by atoms with Crippen molar-refractivity contribution in [2.45, 2.75) is 18.2 Å². The quantitative estimate of drug-likeness (QED) is 0.652. The van der Waals surface area contributed by atoms with Crippen LogP contribution in [0.3, 0.4) is 0 Å². The van der Waals surface area contributed by atoms with Crippen LogP contribution in [0.2, 0.25) is 0 Å². The fourth-order valence-electron chi connectivity index (χ4n) is 2.37. The molecule has 2 aromatic carbocycles. The Labute approximate surface area is 150 Å². The third kappa shape index (κ3) is 4.76. The molecule has 1 amide bonds. The molecular weight excluding hydrogens is 338 g/mol. The highest BCUT2D eigenvalue weighted by molar-refractivity contribution is 8.00. The van der Waals surface area contributed by atoms with E-state index < -0.39 is 0 Å². The van der Waals surface area contributed by atoms with Crippen LogP contribution >= 0.6 is 11.8 Å². The maximum Gasteiger partial charge on any atom is 0.234 e. The van der Waals surface area contributed by atoms with Gasteiger partial charge in [0.05, 0.1) is 19.0 Å². The number of carbonyl (C=O) groups excluding carboxylic acids is 2. The zero-order valence-electron chi connectivity index (χ0n) is 13.9. The van der Waals surface area contributed by atoms with Crippen LogP contribution in [0.15, 0.2) is 47.4 Å². The van der Waals surface area contributed by atoms with Crippen molar-refractivity contribution in [3.8, 4) is 11.5 Å². The average molecular weight is 357 g/mol. The number of fused-ring (bicyclic) bond motifs is 1. The summed E-state index contributed by atoms with van der Waals surface area (Å²) in [5, 5.41) is 2.82. The first kappa shape index (κ1) is 17.4. The van der Waals surface area contributed by atoms with Crippen LogP contribution in [0.1, 0.15) is 23.7 Å². The first-order chi connectivity index (χ1) is 12.1. The van der Waals surface area contributed by atoms with Crippen LogP contribution in [-0.4, -0.2) is 30.7 Å². The van der Waals surface area contributed by atoms with Crippen LogP contribution in [0.5, 0.6) is 11.5 Å². The lowest BCUT2D eigenvalue weighted by Crippen LogP contribution is -2.14. The van der Waals surface area contributed by atoms with Crippen molar-refractivity contribution >= 4 is 29.1 Å². The molecule has 0 radical (unpaired) electrons. The fraction of sp³-hybridized carbons (Fsp3) is 0.263. The lowest BCUT2D eigenvalue weighted by molar-refractivity contribution is -0.113. The predicted molar refractivity (Wildman–Crippen MR) is 97.8 cm³/mol. The molecule has 0 bridgehead atoms. The van der Waals surface area contributed by atoms with Gasteiger partial charge in [-0.1, -0.05) is 0 Å². The Morgan fingerprint density at radius 3 is 2.48 bits per heavy atom. The van der Waals surface area contributed by atoms with Gasteiger partial charge in [-0.25, -0.2) is 0 Å². The van der Waals surface area contributed by atoms with E-state index in [1.54, 1.807) is 24.3 Å². The number of benzene rings is 2. The van der Waals surface area contributed by atoms with E-state index in [9.17, 15) is 9.59 Å². The number of hydrogen-bond donors (Lipinski definition) is 1. The maximum absolute atomic E-state index is 12.1. The number of amides is 1. The normalized spacial score (nSPS) is 13.0. The van der Waals surface area contributed by atoms with Gasteiger partial charge in [-0.2, -0.15) is 0 Å². The molecule has 0 saturated heterocycles. The van der Waals surface area contributed by atoms with Crippen molar-refractivity contribution in [2.75, 3.05) is 24.3 Å². The first-order valence-electron chi connectivity index (χ1n) is 8.05. The third-order valence-corrected chi connectivity index (χ3v) is 4.66. The van der Waals surface area contributed by atoms with Gasteiger partial charge >= 0.3 is 0 Å². The van der Waals surface area contributed by atoms with E-state index in [4.69, 9.17) is 9.47 Å². The summed E-state index contributed by atoms with van der Waals surface area (Å²) in [4.78, 5) is 24.3. The monoisotopic (exact) mass is 357 g/mol.